The summed E-state index contributed by atoms with van der Waals surface area (Å²) < 4.78 is 0. The highest BCUT2D eigenvalue weighted by Gasteiger charge is 2.28. The quantitative estimate of drug-likeness (QED) is 0.687. The van der Waals surface area contributed by atoms with Crippen molar-refractivity contribution in [2.75, 3.05) is 13.1 Å². The molecule has 0 saturated carbocycles. The molecule has 5 nitrogen and oxygen atoms in total. The van der Waals surface area contributed by atoms with Gasteiger partial charge in [-0.05, 0) is 38.9 Å². The molecular weight excluding hydrogens is 218 g/mol. The molecule has 0 radical (unpaired) electrons. The molecule has 17 heavy (non-hydrogen) atoms. The molecule has 0 unspecified atom stereocenters. The Kier molecular flexibility index (Phi) is 3.28. The van der Waals surface area contributed by atoms with E-state index in [1.165, 1.54) is 12.3 Å². The van der Waals surface area contributed by atoms with E-state index in [0.717, 1.165) is 25.9 Å². The van der Waals surface area contributed by atoms with Gasteiger partial charge in [-0.1, -0.05) is 0 Å². The first-order valence-corrected chi connectivity index (χ1v) is 5.81. The van der Waals surface area contributed by atoms with Crippen LogP contribution in [-0.4, -0.2) is 29.5 Å². The van der Waals surface area contributed by atoms with Crippen LogP contribution in [0.4, 0.5) is 0 Å². The molecule has 1 aliphatic rings. The molecule has 2 rings (SSSR count). The molecule has 2 heterocycles. The molecule has 1 aromatic rings. The van der Waals surface area contributed by atoms with E-state index in [-0.39, 0.29) is 17.0 Å². The van der Waals surface area contributed by atoms with E-state index in [4.69, 9.17) is 0 Å². The highest BCUT2D eigenvalue weighted by Crippen LogP contribution is 2.17. The maximum atomic E-state index is 12.0. The number of amides is 1. The van der Waals surface area contributed by atoms with Gasteiger partial charge in [-0.3, -0.25) is 9.59 Å². The summed E-state index contributed by atoms with van der Waals surface area (Å²) in [5, 5.41) is 6.26. The first-order chi connectivity index (χ1) is 8.09. The number of aromatic nitrogens is 1. The predicted molar refractivity (Wildman–Crippen MR) is 65.0 cm³/mol. The van der Waals surface area contributed by atoms with Gasteiger partial charge in [0.1, 0.15) is 0 Å². The number of carbonyl (C=O) groups is 1. The Bertz CT molecular complexity index is 461. The zero-order valence-electron chi connectivity index (χ0n) is 9.88. The van der Waals surface area contributed by atoms with E-state index in [2.05, 4.69) is 15.6 Å². The van der Waals surface area contributed by atoms with Gasteiger partial charge >= 0.3 is 0 Å². The van der Waals surface area contributed by atoms with Crippen molar-refractivity contribution in [1.82, 2.24) is 15.6 Å². The number of pyridine rings is 1. The van der Waals surface area contributed by atoms with Crippen LogP contribution in [0.25, 0.3) is 0 Å². The zero-order chi connectivity index (χ0) is 12.3. The lowest BCUT2D eigenvalue weighted by molar-refractivity contribution is 0.0887. The van der Waals surface area contributed by atoms with Crippen LogP contribution >= 0.6 is 0 Å². The van der Waals surface area contributed by atoms with Gasteiger partial charge in [-0.25, -0.2) is 0 Å². The Morgan fingerprint density at radius 1 is 1.41 bits per heavy atom. The largest absolute Gasteiger partial charge is 0.347 e. The number of nitrogens with one attached hydrogen (secondary N) is 3. The van der Waals surface area contributed by atoms with Crippen molar-refractivity contribution in [3.05, 3.63) is 34.2 Å². The van der Waals surface area contributed by atoms with Crippen molar-refractivity contribution in [1.29, 1.82) is 0 Å². The first-order valence-electron chi connectivity index (χ1n) is 5.81. The van der Waals surface area contributed by atoms with Crippen molar-refractivity contribution < 1.29 is 4.79 Å². The summed E-state index contributed by atoms with van der Waals surface area (Å²) in [7, 11) is 0. The van der Waals surface area contributed by atoms with Crippen LogP contribution in [0.5, 0.6) is 0 Å². The summed E-state index contributed by atoms with van der Waals surface area (Å²) in [5.74, 6) is -0.180. The fourth-order valence-electron chi connectivity index (χ4n) is 2.04. The second-order valence-electron chi connectivity index (χ2n) is 4.71. The monoisotopic (exact) mass is 235 g/mol. The molecule has 0 spiro atoms. The number of aromatic amines is 1. The maximum Gasteiger partial charge on any atom is 0.251 e. The fraction of sp³-hybridized carbons (Fsp3) is 0.500. The number of piperidine rings is 1. The Balaban J connectivity index is 2.08. The van der Waals surface area contributed by atoms with E-state index in [0.29, 0.717) is 5.56 Å². The summed E-state index contributed by atoms with van der Waals surface area (Å²) in [5.41, 5.74) is -0.0214. The molecule has 0 bridgehead atoms. The average Bonchev–Trinajstić information content (AvgIpc) is 2.29. The molecule has 5 heteroatoms. The molecule has 3 N–H and O–H groups in total. The van der Waals surface area contributed by atoms with Gasteiger partial charge in [-0.2, -0.15) is 0 Å². The maximum absolute atomic E-state index is 12.0. The number of hydrogen-bond donors (Lipinski definition) is 3. The normalized spacial score (nSPS) is 18.6. The molecular formula is C12H17N3O2. The van der Waals surface area contributed by atoms with Crippen LogP contribution in [-0.2, 0) is 0 Å². The molecule has 0 aromatic carbocycles. The van der Waals surface area contributed by atoms with Crippen LogP contribution < -0.4 is 16.2 Å². The predicted octanol–water partition coefficient (Wildman–Crippen LogP) is 0.247. The van der Waals surface area contributed by atoms with Crippen LogP contribution in [0.1, 0.15) is 30.1 Å². The second kappa shape index (κ2) is 4.71. The van der Waals surface area contributed by atoms with Gasteiger partial charge < -0.3 is 15.6 Å². The molecule has 1 saturated heterocycles. The molecule has 0 aliphatic carbocycles. The van der Waals surface area contributed by atoms with Crippen LogP contribution in [0.15, 0.2) is 23.1 Å². The lowest BCUT2D eigenvalue weighted by atomic mass is 9.90. The Morgan fingerprint density at radius 3 is 2.76 bits per heavy atom. The average molecular weight is 235 g/mol. The number of rotatable bonds is 2. The number of carbonyl (C=O) groups excluding carboxylic acids is 1. The van der Waals surface area contributed by atoms with Gasteiger partial charge in [0.25, 0.3) is 5.91 Å². The topological polar surface area (TPSA) is 74.0 Å². The summed E-state index contributed by atoms with van der Waals surface area (Å²) in [6.07, 6.45) is 3.30. The standard InChI is InChI=1S/C12H17N3O2/c1-12(3-6-13-7-4-12)15-11(17)9-2-5-14-10(16)8-9/h2,5,8,13H,3-4,6-7H2,1H3,(H,14,16)(H,15,17). The Morgan fingerprint density at radius 2 is 2.12 bits per heavy atom. The molecule has 92 valence electrons. The zero-order valence-corrected chi connectivity index (χ0v) is 9.88. The van der Waals surface area contributed by atoms with Crippen molar-refractivity contribution in [3.63, 3.8) is 0 Å². The molecule has 1 aromatic heterocycles. The van der Waals surface area contributed by atoms with Gasteiger partial charge in [-0.15, -0.1) is 0 Å². The molecule has 0 atom stereocenters. The second-order valence-corrected chi connectivity index (χ2v) is 4.71. The highest BCUT2D eigenvalue weighted by atomic mass is 16.2. The van der Waals surface area contributed by atoms with E-state index < -0.39 is 0 Å². The molecule has 1 fully saturated rings. The summed E-state index contributed by atoms with van der Waals surface area (Å²) >= 11 is 0. The van der Waals surface area contributed by atoms with Crippen LogP contribution in [0.2, 0.25) is 0 Å². The van der Waals surface area contributed by atoms with E-state index in [1.54, 1.807) is 6.07 Å². The Hall–Kier alpha value is -1.62. The summed E-state index contributed by atoms with van der Waals surface area (Å²) in [4.78, 5) is 25.6. The van der Waals surface area contributed by atoms with Gasteiger partial charge in [0.15, 0.2) is 0 Å². The molecule has 1 aliphatic heterocycles. The molecule has 1 amide bonds. The van der Waals surface area contributed by atoms with E-state index in [1.807, 2.05) is 6.92 Å². The minimum Gasteiger partial charge on any atom is -0.347 e. The number of hydrogen-bond acceptors (Lipinski definition) is 3. The summed E-state index contributed by atoms with van der Waals surface area (Å²) in [6.45, 7) is 3.86. The lowest BCUT2D eigenvalue weighted by Crippen LogP contribution is -2.52. The van der Waals surface area contributed by atoms with Crippen LogP contribution in [0, 0.1) is 0 Å². The van der Waals surface area contributed by atoms with Gasteiger partial charge in [0, 0.05) is 23.4 Å². The minimum atomic E-state index is -0.256. The first kappa shape index (κ1) is 11.9. The van der Waals surface area contributed by atoms with E-state index in [9.17, 15) is 9.59 Å². The smallest absolute Gasteiger partial charge is 0.251 e. The van der Waals surface area contributed by atoms with E-state index >= 15 is 0 Å². The van der Waals surface area contributed by atoms with Gasteiger partial charge in [0.05, 0.1) is 0 Å². The fourth-order valence-corrected chi connectivity index (χ4v) is 2.04. The van der Waals surface area contributed by atoms with Crippen molar-refractivity contribution >= 4 is 5.91 Å². The third kappa shape index (κ3) is 2.94. The minimum absolute atomic E-state index is 0.176. The van der Waals surface area contributed by atoms with Crippen molar-refractivity contribution in [2.45, 2.75) is 25.3 Å². The Labute approximate surface area is 99.6 Å². The third-order valence-corrected chi connectivity index (χ3v) is 3.16. The third-order valence-electron chi connectivity index (χ3n) is 3.16. The highest BCUT2D eigenvalue weighted by molar-refractivity contribution is 5.94. The summed E-state index contributed by atoms with van der Waals surface area (Å²) in [6, 6.07) is 2.93. The SMILES string of the molecule is CC1(NC(=O)c2cc[nH]c(=O)c2)CCNCC1. The lowest BCUT2D eigenvalue weighted by Gasteiger charge is -2.34. The van der Waals surface area contributed by atoms with Crippen molar-refractivity contribution in [2.24, 2.45) is 0 Å². The van der Waals surface area contributed by atoms with Crippen molar-refractivity contribution in [3.8, 4) is 0 Å². The van der Waals surface area contributed by atoms with Gasteiger partial charge in [0.2, 0.25) is 5.56 Å². The van der Waals surface area contributed by atoms with Crippen LogP contribution in [0.3, 0.4) is 0 Å². The number of H-pyrrole nitrogens is 1.